The fraction of sp³-hybridized carbons (Fsp3) is 0.588. The molecule has 0 radical (unpaired) electrons. The fourth-order valence-electron chi connectivity index (χ4n) is 2.68. The van der Waals surface area contributed by atoms with E-state index >= 15 is 0 Å². The second-order valence-electron chi connectivity index (χ2n) is 5.61. The molecule has 0 fully saturated rings. The Hall–Kier alpha value is -1.43. The Morgan fingerprint density at radius 3 is 2.00 bits per heavy atom. The third kappa shape index (κ3) is 5.30. The van der Waals surface area contributed by atoms with E-state index in [1.165, 1.54) is 21.1 Å². The van der Waals surface area contributed by atoms with Crippen molar-refractivity contribution in [3.63, 3.8) is 0 Å². The number of halogens is 1. The third-order valence-electron chi connectivity index (χ3n) is 3.90. The number of methoxy groups -OCH3 is 2. The summed E-state index contributed by atoms with van der Waals surface area (Å²) < 4.78 is 9.53. The molecule has 0 heterocycles. The van der Waals surface area contributed by atoms with Crippen molar-refractivity contribution < 1.29 is 23.9 Å². The van der Waals surface area contributed by atoms with Crippen molar-refractivity contribution in [2.24, 2.45) is 0 Å². The maximum Gasteiger partial charge on any atom is 0.334 e. The Balaban J connectivity index is 3.11. The molecule has 6 heteroatoms. The van der Waals surface area contributed by atoms with Crippen molar-refractivity contribution in [2.75, 3.05) is 14.2 Å². The van der Waals surface area contributed by atoms with Crippen LogP contribution in [0, 0.1) is 0 Å². The molecule has 128 valence electrons. The van der Waals surface area contributed by atoms with Crippen molar-refractivity contribution in [3.8, 4) is 0 Å². The van der Waals surface area contributed by atoms with Crippen molar-refractivity contribution in [1.29, 1.82) is 0 Å². The average molecular weight is 387 g/mol. The van der Waals surface area contributed by atoms with E-state index in [9.17, 15) is 14.4 Å². The highest BCUT2D eigenvalue weighted by atomic mass is 79.9. The predicted molar refractivity (Wildman–Crippen MR) is 90.2 cm³/mol. The molecule has 1 rings (SSSR count). The number of allylic oxidation sites excluding steroid dienone is 2. The standard InChI is InChI=1S/C17H23BrO5/c1-10(18)6-5-7-12-8-14(16(20)22-3)15(17(21)23-4)9-13(12)11(2)19/h10H,5-9H2,1-4H3. The van der Waals surface area contributed by atoms with Gasteiger partial charge >= 0.3 is 11.9 Å². The van der Waals surface area contributed by atoms with Crippen LogP contribution in [0.4, 0.5) is 0 Å². The summed E-state index contributed by atoms with van der Waals surface area (Å²) >= 11 is 3.50. The van der Waals surface area contributed by atoms with Gasteiger partial charge < -0.3 is 9.47 Å². The van der Waals surface area contributed by atoms with E-state index < -0.39 is 11.9 Å². The fourth-order valence-corrected chi connectivity index (χ4v) is 3.01. The highest BCUT2D eigenvalue weighted by Gasteiger charge is 2.30. The maximum atomic E-state index is 12.0. The molecule has 1 unspecified atom stereocenters. The van der Waals surface area contributed by atoms with Gasteiger partial charge in [-0.3, -0.25) is 4.79 Å². The van der Waals surface area contributed by atoms with Crippen LogP contribution in [0.2, 0.25) is 0 Å². The van der Waals surface area contributed by atoms with Crippen LogP contribution < -0.4 is 0 Å². The molecule has 0 amide bonds. The maximum absolute atomic E-state index is 12.0. The van der Waals surface area contributed by atoms with Crippen LogP contribution >= 0.6 is 15.9 Å². The predicted octanol–water partition coefficient (Wildman–Crippen LogP) is 3.26. The first kappa shape index (κ1) is 19.6. The highest BCUT2D eigenvalue weighted by Crippen LogP contribution is 2.34. The molecule has 0 spiro atoms. The average Bonchev–Trinajstić information content (AvgIpc) is 2.52. The lowest BCUT2D eigenvalue weighted by Gasteiger charge is -2.23. The van der Waals surface area contributed by atoms with Crippen LogP contribution in [-0.4, -0.2) is 36.8 Å². The van der Waals surface area contributed by atoms with E-state index in [0.29, 0.717) is 16.0 Å². The summed E-state index contributed by atoms with van der Waals surface area (Å²) in [4.78, 5) is 36.3. The Kier molecular flexibility index (Phi) is 7.68. The molecule has 0 bridgehead atoms. The molecular weight excluding hydrogens is 364 g/mol. The zero-order chi connectivity index (χ0) is 17.6. The van der Waals surface area contributed by atoms with Gasteiger partial charge in [0.25, 0.3) is 0 Å². The van der Waals surface area contributed by atoms with Crippen LogP contribution in [0.1, 0.15) is 46.0 Å². The number of hydrogen-bond donors (Lipinski definition) is 0. The first-order chi connectivity index (χ1) is 10.8. The first-order valence-electron chi connectivity index (χ1n) is 7.56. The number of alkyl halides is 1. The first-order valence-corrected chi connectivity index (χ1v) is 8.47. The van der Waals surface area contributed by atoms with E-state index in [-0.39, 0.29) is 24.2 Å². The lowest BCUT2D eigenvalue weighted by molar-refractivity contribution is -0.139. The lowest BCUT2D eigenvalue weighted by Crippen LogP contribution is -2.21. The van der Waals surface area contributed by atoms with Gasteiger partial charge in [0.1, 0.15) is 0 Å². The number of carbonyl (C=O) groups excluding carboxylic acids is 3. The van der Waals surface area contributed by atoms with Crippen molar-refractivity contribution >= 4 is 33.7 Å². The number of ether oxygens (including phenoxy) is 2. The highest BCUT2D eigenvalue weighted by molar-refractivity contribution is 9.09. The molecule has 0 N–H and O–H groups in total. The second kappa shape index (κ2) is 9.01. The summed E-state index contributed by atoms with van der Waals surface area (Å²) in [5, 5.41) is 0. The van der Waals surface area contributed by atoms with Gasteiger partial charge in [-0.2, -0.15) is 0 Å². The summed E-state index contributed by atoms with van der Waals surface area (Å²) in [6, 6.07) is 0. The zero-order valence-corrected chi connectivity index (χ0v) is 15.6. The molecule has 1 aliphatic rings. The third-order valence-corrected chi connectivity index (χ3v) is 4.36. The van der Waals surface area contributed by atoms with Gasteiger partial charge in [0.2, 0.25) is 0 Å². The van der Waals surface area contributed by atoms with Gasteiger partial charge in [-0.1, -0.05) is 28.4 Å². The van der Waals surface area contributed by atoms with Gasteiger partial charge in [0.05, 0.1) is 25.4 Å². The molecule has 0 saturated carbocycles. The summed E-state index contributed by atoms with van der Waals surface area (Å²) in [5.41, 5.74) is 2.05. The zero-order valence-electron chi connectivity index (χ0n) is 14.0. The van der Waals surface area contributed by atoms with Crippen molar-refractivity contribution in [3.05, 3.63) is 22.3 Å². The Morgan fingerprint density at radius 1 is 1.04 bits per heavy atom. The van der Waals surface area contributed by atoms with Crippen molar-refractivity contribution in [2.45, 2.75) is 50.8 Å². The number of rotatable bonds is 7. The van der Waals surface area contributed by atoms with Gasteiger partial charge in [-0.15, -0.1) is 0 Å². The molecule has 0 aromatic heterocycles. The smallest absolute Gasteiger partial charge is 0.334 e. The number of carbonyl (C=O) groups is 3. The monoisotopic (exact) mass is 386 g/mol. The minimum atomic E-state index is -0.586. The molecule has 0 saturated heterocycles. The minimum Gasteiger partial charge on any atom is -0.466 e. The van der Waals surface area contributed by atoms with E-state index in [2.05, 4.69) is 22.9 Å². The van der Waals surface area contributed by atoms with Crippen LogP contribution in [0.3, 0.4) is 0 Å². The quantitative estimate of drug-likeness (QED) is 0.496. The number of Topliss-reactive ketones (excluding diaryl/α,β-unsaturated/α-hetero) is 1. The normalized spacial score (nSPS) is 16.2. The van der Waals surface area contributed by atoms with E-state index in [4.69, 9.17) is 9.47 Å². The van der Waals surface area contributed by atoms with Crippen LogP contribution in [0.15, 0.2) is 22.3 Å². The van der Waals surface area contributed by atoms with Gasteiger partial charge in [-0.25, -0.2) is 9.59 Å². The molecule has 0 aliphatic heterocycles. The largest absolute Gasteiger partial charge is 0.466 e. The molecule has 1 atom stereocenters. The molecular formula is C17H23BrO5. The SMILES string of the molecule is COC(=O)C1=C(C(=O)OC)CC(C(C)=O)=C(CCCC(C)Br)C1. The molecule has 1 aliphatic carbocycles. The number of hydrogen-bond acceptors (Lipinski definition) is 5. The Morgan fingerprint density at radius 2 is 1.57 bits per heavy atom. The summed E-state index contributed by atoms with van der Waals surface area (Å²) in [6.07, 6.45) is 2.99. The van der Waals surface area contributed by atoms with Crippen molar-refractivity contribution in [1.82, 2.24) is 0 Å². The van der Waals surface area contributed by atoms with Crippen LogP contribution in [0.5, 0.6) is 0 Å². The molecule has 0 aromatic carbocycles. The van der Waals surface area contributed by atoms with Gasteiger partial charge in [-0.05, 0) is 31.8 Å². The van der Waals surface area contributed by atoms with Crippen LogP contribution in [-0.2, 0) is 23.9 Å². The lowest BCUT2D eigenvalue weighted by atomic mass is 9.82. The summed E-state index contributed by atoms with van der Waals surface area (Å²) in [7, 11) is 2.54. The van der Waals surface area contributed by atoms with E-state index in [1.807, 2.05) is 0 Å². The van der Waals surface area contributed by atoms with Crippen LogP contribution in [0.25, 0.3) is 0 Å². The minimum absolute atomic E-state index is 0.0720. The molecule has 23 heavy (non-hydrogen) atoms. The molecule has 0 aromatic rings. The summed E-state index contributed by atoms with van der Waals surface area (Å²) in [6.45, 7) is 3.55. The number of ketones is 1. The number of esters is 2. The molecule has 5 nitrogen and oxygen atoms in total. The topological polar surface area (TPSA) is 69.7 Å². The van der Waals surface area contributed by atoms with E-state index in [0.717, 1.165) is 24.8 Å². The van der Waals surface area contributed by atoms with Gasteiger partial charge in [0, 0.05) is 17.7 Å². The Bertz CT molecular complexity index is 557. The van der Waals surface area contributed by atoms with Gasteiger partial charge in [0.15, 0.2) is 5.78 Å². The van der Waals surface area contributed by atoms with E-state index in [1.54, 1.807) is 0 Å². The summed E-state index contributed by atoms with van der Waals surface area (Å²) in [5.74, 6) is -1.20. The second-order valence-corrected chi connectivity index (χ2v) is 7.17. The Labute approximate surface area is 145 Å².